The van der Waals surface area contributed by atoms with Gasteiger partial charge in [-0.1, -0.05) is 12.1 Å². The zero-order valence-electron chi connectivity index (χ0n) is 11.3. The number of imidazole rings is 1. The van der Waals surface area contributed by atoms with Crippen LogP contribution in [0.5, 0.6) is 0 Å². The normalized spacial score (nSPS) is 10.7. The number of H-pyrrole nitrogens is 1. The van der Waals surface area contributed by atoms with Crippen LogP contribution < -0.4 is 5.32 Å². The second-order valence-electron chi connectivity index (χ2n) is 4.77. The number of hydrogen-bond acceptors (Lipinski definition) is 2. The van der Waals surface area contributed by atoms with Gasteiger partial charge in [-0.3, -0.25) is 4.79 Å². The standard InChI is InChI=1S/C16H14FN3O/c17-13-4-1-11(2-5-13)7-8-18-16(21)12-3-6-14-15(9-12)20-10-19-14/h1-6,9-10H,7-8H2,(H,18,21)(H,19,20). The van der Waals surface area contributed by atoms with Crippen LogP contribution in [0.25, 0.3) is 11.0 Å². The van der Waals surface area contributed by atoms with E-state index in [1.165, 1.54) is 12.1 Å². The van der Waals surface area contributed by atoms with Gasteiger partial charge >= 0.3 is 0 Å². The zero-order valence-corrected chi connectivity index (χ0v) is 11.3. The van der Waals surface area contributed by atoms with Crippen molar-refractivity contribution in [3.8, 4) is 0 Å². The summed E-state index contributed by atoms with van der Waals surface area (Å²) in [6, 6.07) is 11.6. The SMILES string of the molecule is O=C(NCCc1ccc(F)cc1)c1ccc2nc[nH]c2c1. The first-order chi connectivity index (χ1) is 10.2. The number of nitrogens with zero attached hydrogens (tertiary/aromatic N) is 1. The van der Waals surface area contributed by atoms with Gasteiger partial charge < -0.3 is 10.3 Å². The Kier molecular flexibility index (Phi) is 3.64. The van der Waals surface area contributed by atoms with Crippen molar-refractivity contribution in [2.45, 2.75) is 6.42 Å². The van der Waals surface area contributed by atoms with E-state index >= 15 is 0 Å². The lowest BCUT2D eigenvalue weighted by Gasteiger charge is -2.05. The number of halogens is 1. The molecule has 0 saturated heterocycles. The Morgan fingerprint density at radius 2 is 2.00 bits per heavy atom. The highest BCUT2D eigenvalue weighted by molar-refractivity contribution is 5.97. The number of aromatic amines is 1. The van der Waals surface area contributed by atoms with Gasteiger partial charge in [0.05, 0.1) is 17.4 Å². The number of benzene rings is 2. The Labute approximate surface area is 121 Å². The van der Waals surface area contributed by atoms with Gasteiger partial charge in [0.2, 0.25) is 0 Å². The molecule has 21 heavy (non-hydrogen) atoms. The molecule has 0 unspecified atom stereocenters. The zero-order chi connectivity index (χ0) is 14.7. The van der Waals surface area contributed by atoms with Gasteiger partial charge in [-0.15, -0.1) is 0 Å². The summed E-state index contributed by atoms with van der Waals surface area (Å²) < 4.78 is 12.8. The highest BCUT2D eigenvalue weighted by Gasteiger charge is 2.06. The molecule has 2 aromatic carbocycles. The van der Waals surface area contributed by atoms with Crippen molar-refractivity contribution in [1.29, 1.82) is 0 Å². The molecule has 2 N–H and O–H groups in total. The van der Waals surface area contributed by atoms with E-state index in [-0.39, 0.29) is 11.7 Å². The summed E-state index contributed by atoms with van der Waals surface area (Å²) in [6.45, 7) is 0.505. The largest absolute Gasteiger partial charge is 0.352 e. The molecule has 0 aliphatic heterocycles. The maximum absolute atomic E-state index is 12.8. The van der Waals surface area contributed by atoms with Gasteiger partial charge in [0.25, 0.3) is 5.91 Å². The molecule has 0 spiro atoms. The van der Waals surface area contributed by atoms with E-state index in [1.807, 2.05) is 0 Å². The Hall–Kier alpha value is -2.69. The van der Waals surface area contributed by atoms with E-state index in [2.05, 4.69) is 15.3 Å². The first kappa shape index (κ1) is 13.3. The topological polar surface area (TPSA) is 57.8 Å². The van der Waals surface area contributed by atoms with E-state index in [4.69, 9.17) is 0 Å². The highest BCUT2D eigenvalue weighted by atomic mass is 19.1. The van der Waals surface area contributed by atoms with Crippen LogP contribution in [0.15, 0.2) is 48.8 Å². The molecule has 1 aromatic heterocycles. The van der Waals surface area contributed by atoms with E-state index in [0.717, 1.165) is 16.6 Å². The van der Waals surface area contributed by atoms with Gasteiger partial charge in [0.1, 0.15) is 5.82 Å². The molecule has 106 valence electrons. The molecular weight excluding hydrogens is 269 g/mol. The van der Waals surface area contributed by atoms with Gasteiger partial charge in [-0.2, -0.15) is 0 Å². The predicted octanol–water partition coefficient (Wildman–Crippen LogP) is 2.67. The summed E-state index contributed by atoms with van der Waals surface area (Å²) in [5, 5.41) is 2.85. The molecule has 3 rings (SSSR count). The third-order valence-electron chi connectivity index (χ3n) is 3.29. The molecule has 4 nitrogen and oxygen atoms in total. The van der Waals surface area contributed by atoms with Gasteiger partial charge in [-0.25, -0.2) is 9.37 Å². The summed E-state index contributed by atoms with van der Waals surface area (Å²) in [4.78, 5) is 19.1. The number of aromatic nitrogens is 2. The molecule has 0 atom stereocenters. The lowest BCUT2D eigenvalue weighted by molar-refractivity contribution is 0.0954. The number of carbonyl (C=O) groups excluding carboxylic acids is 1. The number of fused-ring (bicyclic) bond motifs is 1. The van der Waals surface area contributed by atoms with Gasteiger partial charge in [0.15, 0.2) is 0 Å². The maximum Gasteiger partial charge on any atom is 0.251 e. The first-order valence-corrected chi connectivity index (χ1v) is 6.68. The third-order valence-corrected chi connectivity index (χ3v) is 3.29. The summed E-state index contributed by atoms with van der Waals surface area (Å²) in [6.07, 6.45) is 2.26. The monoisotopic (exact) mass is 283 g/mol. The molecule has 0 aliphatic carbocycles. The Balaban J connectivity index is 1.59. The van der Waals surface area contributed by atoms with Crippen LogP contribution in [0.1, 0.15) is 15.9 Å². The number of nitrogens with one attached hydrogen (secondary N) is 2. The smallest absolute Gasteiger partial charge is 0.251 e. The molecule has 1 amide bonds. The summed E-state index contributed by atoms with van der Waals surface area (Å²) >= 11 is 0. The quantitative estimate of drug-likeness (QED) is 0.773. The Morgan fingerprint density at radius 1 is 1.19 bits per heavy atom. The molecule has 0 fully saturated rings. The highest BCUT2D eigenvalue weighted by Crippen LogP contribution is 2.11. The fraction of sp³-hybridized carbons (Fsp3) is 0.125. The summed E-state index contributed by atoms with van der Waals surface area (Å²) in [5.41, 5.74) is 3.24. The van der Waals surface area contributed by atoms with Crippen LogP contribution in [0.2, 0.25) is 0 Å². The van der Waals surface area contributed by atoms with Crippen molar-refractivity contribution in [1.82, 2.24) is 15.3 Å². The molecule has 0 aliphatic rings. The summed E-state index contributed by atoms with van der Waals surface area (Å²) in [7, 11) is 0. The van der Waals surface area contributed by atoms with Crippen LogP contribution in [-0.2, 0) is 6.42 Å². The number of amides is 1. The maximum atomic E-state index is 12.8. The van der Waals surface area contributed by atoms with Crippen LogP contribution in [0, 0.1) is 5.82 Å². The van der Waals surface area contributed by atoms with Crippen LogP contribution >= 0.6 is 0 Å². The average molecular weight is 283 g/mol. The van der Waals surface area contributed by atoms with Gasteiger partial charge in [-0.05, 0) is 42.3 Å². The predicted molar refractivity (Wildman–Crippen MR) is 78.5 cm³/mol. The van der Waals surface area contributed by atoms with Crippen molar-refractivity contribution in [3.05, 3.63) is 65.7 Å². The average Bonchev–Trinajstić information content (AvgIpc) is 2.96. The molecule has 0 radical (unpaired) electrons. The minimum atomic E-state index is -0.254. The lowest BCUT2D eigenvalue weighted by atomic mass is 10.1. The Bertz CT molecular complexity index is 765. The molecule has 1 heterocycles. The minimum Gasteiger partial charge on any atom is -0.352 e. The van der Waals surface area contributed by atoms with E-state index in [0.29, 0.717) is 18.5 Å². The number of rotatable bonds is 4. The molecule has 0 bridgehead atoms. The number of carbonyl (C=O) groups is 1. The molecule has 0 saturated carbocycles. The fourth-order valence-electron chi connectivity index (χ4n) is 2.15. The fourth-order valence-corrected chi connectivity index (χ4v) is 2.15. The lowest BCUT2D eigenvalue weighted by Crippen LogP contribution is -2.25. The summed E-state index contributed by atoms with van der Waals surface area (Å²) in [5.74, 6) is -0.385. The van der Waals surface area contributed by atoms with Crippen LogP contribution in [0.4, 0.5) is 4.39 Å². The van der Waals surface area contributed by atoms with E-state index < -0.39 is 0 Å². The number of hydrogen-bond donors (Lipinski definition) is 2. The minimum absolute atomic E-state index is 0.131. The molecule has 3 aromatic rings. The van der Waals surface area contributed by atoms with Crippen molar-refractivity contribution >= 4 is 16.9 Å². The van der Waals surface area contributed by atoms with Crippen molar-refractivity contribution < 1.29 is 9.18 Å². The van der Waals surface area contributed by atoms with Gasteiger partial charge in [0, 0.05) is 12.1 Å². The van der Waals surface area contributed by atoms with Crippen molar-refractivity contribution in [3.63, 3.8) is 0 Å². The van der Waals surface area contributed by atoms with E-state index in [9.17, 15) is 9.18 Å². The van der Waals surface area contributed by atoms with Crippen LogP contribution in [0.3, 0.4) is 0 Å². The molecule has 5 heteroatoms. The first-order valence-electron chi connectivity index (χ1n) is 6.68. The molecular formula is C16H14FN3O. The van der Waals surface area contributed by atoms with Crippen molar-refractivity contribution in [2.24, 2.45) is 0 Å². The second kappa shape index (κ2) is 5.75. The second-order valence-corrected chi connectivity index (χ2v) is 4.77. The third kappa shape index (κ3) is 3.08. The van der Waals surface area contributed by atoms with E-state index in [1.54, 1.807) is 36.7 Å². The Morgan fingerprint density at radius 3 is 2.81 bits per heavy atom. The van der Waals surface area contributed by atoms with Crippen LogP contribution in [-0.4, -0.2) is 22.4 Å². The van der Waals surface area contributed by atoms with Crippen molar-refractivity contribution in [2.75, 3.05) is 6.54 Å².